The number of ether oxygens (including phenoxy) is 1. The van der Waals surface area contributed by atoms with E-state index < -0.39 is 11.6 Å². The molecule has 0 spiro atoms. The molecule has 192 valence electrons. The van der Waals surface area contributed by atoms with E-state index in [9.17, 15) is 9.59 Å². The fourth-order valence-corrected chi connectivity index (χ4v) is 4.14. The van der Waals surface area contributed by atoms with Crippen LogP contribution in [0.15, 0.2) is 78.9 Å². The fourth-order valence-electron chi connectivity index (χ4n) is 4.14. The van der Waals surface area contributed by atoms with Crippen molar-refractivity contribution in [3.8, 4) is 5.75 Å². The molecule has 0 saturated carbocycles. The number of amides is 2. The molecule has 1 heterocycles. The van der Waals surface area contributed by atoms with Crippen molar-refractivity contribution in [3.63, 3.8) is 0 Å². The van der Waals surface area contributed by atoms with Gasteiger partial charge in [0.15, 0.2) is 0 Å². The molecule has 0 aliphatic carbocycles. The Balaban J connectivity index is 1.76. The van der Waals surface area contributed by atoms with E-state index >= 15 is 0 Å². The van der Waals surface area contributed by atoms with Crippen LogP contribution in [0.2, 0.25) is 0 Å². The molecular weight excluding hydrogens is 466 g/mol. The van der Waals surface area contributed by atoms with Gasteiger partial charge in [-0.1, -0.05) is 66.7 Å². The number of carbonyl (C=O) groups excluding carboxylic acids is 2. The molecule has 37 heavy (non-hydrogen) atoms. The van der Waals surface area contributed by atoms with Crippen molar-refractivity contribution >= 4 is 22.8 Å². The van der Waals surface area contributed by atoms with E-state index in [4.69, 9.17) is 4.74 Å². The monoisotopic (exact) mass is 499 g/mol. The average molecular weight is 500 g/mol. The molecule has 1 aromatic heterocycles. The molecule has 4 rings (SSSR count). The normalized spacial score (nSPS) is 12.2. The highest BCUT2D eigenvalue weighted by Gasteiger charge is 2.34. The SMILES string of the molecule is CCC(C)(C)NC(=O)C(c1ccccc1)N(Cc1cccc(OC)c1)C(=O)Cn1nnc2ccccc21. The van der Waals surface area contributed by atoms with Crippen molar-refractivity contribution in [1.29, 1.82) is 0 Å². The minimum absolute atomic E-state index is 0.0573. The third kappa shape index (κ3) is 6.14. The maximum Gasteiger partial charge on any atom is 0.247 e. The third-order valence-corrected chi connectivity index (χ3v) is 6.53. The van der Waals surface area contributed by atoms with E-state index in [-0.39, 0.29) is 24.9 Å². The number of hydrogen-bond acceptors (Lipinski definition) is 5. The Hall–Kier alpha value is -4.20. The molecule has 0 saturated heterocycles. The van der Waals surface area contributed by atoms with E-state index in [2.05, 4.69) is 15.6 Å². The quantitative estimate of drug-likeness (QED) is 0.347. The van der Waals surface area contributed by atoms with Gasteiger partial charge in [0.1, 0.15) is 23.9 Å². The van der Waals surface area contributed by atoms with Crippen LogP contribution < -0.4 is 10.1 Å². The number of fused-ring (bicyclic) bond motifs is 1. The third-order valence-electron chi connectivity index (χ3n) is 6.53. The highest BCUT2D eigenvalue weighted by molar-refractivity contribution is 5.89. The first-order valence-corrected chi connectivity index (χ1v) is 12.4. The summed E-state index contributed by atoms with van der Waals surface area (Å²) in [6, 6.07) is 23.6. The summed E-state index contributed by atoms with van der Waals surface area (Å²) in [7, 11) is 1.60. The van der Waals surface area contributed by atoms with Crippen molar-refractivity contribution in [3.05, 3.63) is 90.0 Å². The number of aromatic nitrogens is 3. The van der Waals surface area contributed by atoms with E-state index in [1.807, 2.05) is 99.6 Å². The lowest BCUT2D eigenvalue weighted by molar-refractivity contribution is -0.143. The Morgan fingerprint density at radius 3 is 2.49 bits per heavy atom. The van der Waals surface area contributed by atoms with Crippen molar-refractivity contribution in [2.24, 2.45) is 0 Å². The topological polar surface area (TPSA) is 89.4 Å². The van der Waals surface area contributed by atoms with Crippen molar-refractivity contribution in [2.75, 3.05) is 7.11 Å². The number of para-hydroxylation sites is 1. The van der Waals surface area contributed by atoms with Crippen LogP contribution in [0.3, 0.4) is 0 Å². The summed E-state index contributed by atoms with van der Waals surface area (Å²) in [5, 5.41) is 11.5. The van der Waals surface area contributed by atoms with Gasteiger partial charge in [-0.05, 0) is 55.7 Å². The zero-order chi connectivity index (χ0) is 26.4. The molecule has 0 bridgehead atoms. The maximum atomic E-state index is 14.0. The standard InChI is InChI=1S/C29H33N5O3/c1-5-29(2,3)30-28(36)27(22-13-7-6-8-14-22)33(19-21-12-11-15-23(18-21)37-4)26(35)20-34-25-17-10-9-16-24(25)31-32-34/h6-18,27H,5,19-20H2,1-4H3,(H,30,36). The van der Waals surface area contributed by atoms with E-state index in [1.54, 1.807) is 16.7 Å². The van der Waals surface area contributed by atoms with Crippen molar-refractivity contribution in [2.45, 2.75) is 51.9 Å². The lowest BCUT2D eigenvalue weighted by atomic mass is 9.98. The number of methoxy groups -OCH3 is 1. The molecule has 1 unspecified atom stereocenters. The molecule has 2 amide bonds. The smallest absolute Gasteiger partial charge is 0.247 e. The number of nitrogens with one attached hydrogen (secondary N) is 1. The summed E-state index contributed by atoms with van der Waals surface area (Å²) in [5.74, 6) is 0.189. The highest BCUT2D eigenvalue weighted by atomic mass is 16.5. The molecule has 0 aliphatic rings. The molecule has 1 N–H and O–H groups in total. The van der Waals surface area contributed by atoms with Gasteiger partial charge in [-0.15, -0.1) is 5.10 Å². The Morgan fingerprint density at radius 1 is 1.03 bits per heavy atom. The molecular formula is C29H33N5O3. The molecule has 3 aromatic carbocycles. The van der Waals surface area contributed by atoms with Crippen LogP contribution in [0.1, 0.15) is 44.4 Å². The minimum atomic E-state index is -0.847. The predicted molar refractivity (Wildman–Crippen MR) is 143 cm³/mol. The van der Waals surface area contributed by atoms with Crippen molar-refractivity contribution in [1.82, 2.24) is 25.2 Å². The average Bonchev–Trinajstić information content (AvgIpc) is 3.31. The second-order valence-corrected chi connectivity index (χ2v) is 9.65. The summed E-state index contributed by atoms with van der Waals surface area (Å²) < 4.78 is 6.97. The van der Waals surface area contributed by atoms with Crippen LogP contribution in [0, 0.1) is 0 Å². The van der Waals surface area contributed by atoms with Crippen molar-refractivity contribution < 1.29 is 14.3 Å². The maximum absolute atomic E-state index is 14.0. The Bertz CT molecular complexity index is 1370. The largest absolute Gasteiger partial charge is 0.497 e. The lowest BCUT2D eigenvalue weighted by Gasteiger charge is -2.34. The number of nitrogens with zero attached hydrogens (tertiary/aromatic N) is 4. The summed E-state index contributed by atoms with van der Waals surface area (Å²) in [6.07, 6.45) is 0.745. The van der Waals surface area contributed by atoms with Gasteiger partial charge in [-0.3, -0.25) is 9.59 Å². The van der Waals surface area contributed by atoms with Crippen LogP contribution >= 0.6 is 0 Å². The first-order valence-electron chi connectivity index (χ1n) is 12.4. The number of rotatable bonds is 10. The van der Waals surface area contributed by atoms with Gasteiger partial charge in [-0.25, -0.2) is 4.68 Å². The zero-order valence-electron chi connectivity index (χ0n) is 21.7. The van der Waals surface area contributed by atoms with Gasteiger partial charge in [-0.2, -0.15) is 0 Å². The van der Waals surface area contributed by atoms with Crippen LogP contribution in [-0.4, -0.2) is 44.4 Å². The number of carbonyl (C=O) groups is 2. The fraction of sp³-hybridized carbons (Fsp3) is 0.310. The Kier molecular flexibility index (Phi) is 7.86. The first kappa shape index (κ1) is 25.9. The molecule has 0 radical (unpaired) electrons. The number of hydrogen-bond donors (Lipinski definition) is 1. The first-order chi connectivity index (χ1) is 17.8. The van der Waals surface area contributed by atoms with Crippen LogP contribution in [0.4, 0.5) is 0 Å². The summed E-state index contributed by atoms with van der Waals surface area (Å²) in [4.78, 5) is 29.4. The highest BCUT2D eigenvalue weighted by Crippen LogP contribution is 2.27. The minimum Gasteiger partial charge on any atom is -0.497 e. The summed E-state index contributed by atoms with van der Waals surface area (Å²) in [5.41, 5.74) is 2.60. The van der Waals surface area contributed by atoms with E-state index in [0.29, 0.717) is 11.3 Å². The second kappa shape index (κ2) is 11.2. The van der Waals surface area contributed by atoms with Gasteiger partial charge < -0.3 is 15.0 Å². The van der Waals surface area contributed by atoms with Crippen LogP contribution in [-0.2, 0) is 22.7 Å². The predicted octanol–water partition coefficient (Wildman–Crippen LogP) is 4.51. The Morgan fingerprint density at radius 2 is 1.76 bits per heavy atom. The van der Waals surface area contributed by atoms with Crippen LogP contribution in [0.5, 0.6) is 5.75 Å². The molecule has 8 heteroatoms. The lowest BCUT2D eigenvalue weighted by Crippen LogP contribution is -2.50. The molecule has 1 atom stereocenters. The Labute approximate surface area is 217 Å². The molecule has 0 aliphatic heterocycles. The van der Waals surface area contributed by atoms with Gasteiger partial charge in [0.25, 0.3) is 0 Å². The van der Waals surface area contributed by atoms with Gasteiger partial charge >= 0.3 is 0 Å². The molecule has 8 nitrogen and oxygen atoms in total. The van der Waals surface area contributed by atoms with Gasteiger partial charge in [0, 0.05) is 12.1 Å². The summed E-state index contributed by atoms with van der Waals surface area (Å²) in [6.45, 7) is 6.12. The van der Waals surface area contributed by atoms with Gasteiger partial charge in [0.2, 0.25) is 11.8 Å². The second-order valence-electron chi connectivity index (χ2n) is 9.65. The summed E-state index contributed by atoms with van der Waals surface area (Å²) >= 11 is 0. The number of benzene rings is 3. The van der Waals surface area contributed by atoms with E-state index in [1.165, 1.54) is 0 Å². The van der Waals surface area contributed by atoms with Gasteiger partial charge in [0.05, 0.1) is 12.6 Å². The van der Waals surface area contributed by atoms with Crippen LogP contribution in [0.25, 0.3) is 11.0 Å². The molecule has 4 aromatic rings. The zero-order valence-corrected chi connectivity index (χ0v) is 21.7. The molecule has 0 fully saturated rings. The van der Waals surface area contributed by atoms with E-state index in [0.717, 1.165) is 23.1 Å².